The Hall–Kier alpha value is -0.780. The molecule has 0 saturated carbocycles. The molecule has 0 spiro atoms. The largest absolute Gasteiger partial charge is 0.0879 e. The third-order valence-electron chi connectivity index (χ3n) is 1.71. The molecule has 0 saturated heterocycles. The van der Waals surface area contributed by atoms with Crippen molar-refractivity contribution in [3.63, 3.8) is 0 Å². The predicted octanol–water partition coefficient (Wildman–Crippen LogP) is 3.43. The Morgan fingerprint density at radius 3 is 2.18 bits per heavy atom. The minimum atomic E-state index is 1.22. The van der Waals surface area contributed by atoms with Crippen LogP contribution in [0.4, 0.5) is 0 Å². The molecule has 0 heterocycles. The van der Waals surface area contributed by atoms with Crippen LogP contribution in [-0.4, -0.2) is 0 Å². The normalized spacial score (nSPS) is 28.4. The minimum Gasteiger partial charge on any atom is -0.0879 e. The Morgan fingerprint density at radius 2 is 1.36 bits per heavy atom. The van der Waals surface area contributed by atoms with Crippen molar-refractivity contribution in [3.05, 3.63) is 42.9 Å². The minimum absolute atomic E-state index is 1.22. The van der Waals surface area contributed by atoms with Gasteiger partial charge in [0, 0.05) is 6.42 Å². The lowest BCUT2D eigenvalue weighted by Crippen LogP contribution is -1.71. The van der Waals surface area contributed by atoms with Gasteiger partial charge < -0.3 is 0 Å². The number of allylic oxidation sites excluding steroid dienone is 6. The fourth-order valence-corrected chi connectivity index (χ4v) is 1.07. The SMILES string of the molecule is [CH]1/C=C\C=C/CCCC/C=C\1. The number of rotatable bonds is 0. The van der Waals surface area contributed by atoms with Gasteiger partial charge >= 0.3 is 0 Å². The molecule has 0 atom stereocenters. The molecule has 1 aliphatic rings. The quantitative estimate of drug-likeness (QED) is 0.492. The summed E-state index contributed by atoms with van der Waals surface area (Å²) in [5, 5.41) is 0. The average Bonchev–Trinajstić information content (AvgIpc) is 2.08. The zero-order chi connectivity index (χ0) is 7.78. The van der Waals surface area contributed by atoms with Crippen LogP contribution < -0.4 is 0 Å². The van der Waals surface area contributed by atoms with Gasteiger partial charge in [0.1, 0.15) is 0 Å². The van der Waals surface area contributed by atoms with E-state index in [4.69, 9.17) is 0 Å². The van der Waals surface area contributed by atoms with Gasteiger partial charge in [0.05, 0.1) is 0 Å². The van der Waals surface area contributed by atoms with E-state index in [1.54, 1.807) is 0 Å². The van der Waals surface area contributed by atoms with Gasteiger partial charge in [-0.05, 0) is 25.7 Å². The van der Waals surface area contributed by atoms with Gasteiger partial charge in [-0.3, -0.25) is 0 Å². The summed E-state index contributed by atoms with van der Waals surface area (Å²) in [6, 6.07) is 0. The second-order valence-electron chi connectivity index (χ2n) is 2.72. The Labute approximate surface area is 69.3 Å². The first kappa shape index (κ1) is 8.32. The van der Waals surface area contributed by atoms with Crippen LogP contribution in [0.15, 0.2) is 36.5 Å². The van der Waals surface area contributed by atoms with Gasteiger partial charge in [-0.15, -0.1) is 0 Å². The lowest BCUT2D eigenvalue weighted by molar-refractivity contribution is 0.762. The standard InChI is InChI=1S/C11H15/c1-2-4-6-8-10-11-9-7-5-3-1/h1-7H,8-11H2/b2-1-,6-4-,7-5-. The lowest BCUT2D eigenvalue weighted by atomic mass is 10.2. The highest BCUT2D eigenvalue weighted by Gasteiger charge is 1.83. The molecule has 0 N–H and O–H groups in total. The summed E-state index contributed by atoms with van der Waals surface area (Å²) in [6.07, 6.45) is 20.0. The molecular weight excluding hydrogens is 132 g/mol. The van der Waals surface area contributed by atoms with Crippen molar-refractivity contribution in [3.8, 4) is 0 Å². The topological polar surface area (TPSA) is 0 Å². The first-order valence-electron chi connectivity index (χ1n) is 4.32. The maximum atomic E-state index is 2.23. The van der Waals surface area contributed by atoms with Crippen LogP contribution in [0.1, 0.15) is 25.7 Å². The first-order valence-corrected chi connectivity index (χ1v) is 4.32. The maximum Gasteiger partial charge on any atom is 0.00473 e. The lowest BCUT2D eigenvalue weighted by Gasteiger charge is -1.90. The Balaban J connectivity index is 2.35. The molecule has 0 aromatic heterocycles. The van der Waals surface area contributed by atoms with Gasteiger partial charge in [0.2, 0.25) is 0 Å². The van der Waals surface area contributed by atoms with Gasteiger partial charge in [0.15, 0.2) is 0 Å². The van der Waals surface area contributed by atoms with Crippen molar-refractivity contribution in [1.29, 1.82) is 0 Å². The van der Waals surface area contributed by atoms with Crippen molar-refractivity contribution in [1.82, 2.24) is 0 Å². The van der Waals surface area contributed by atoms with Crippen LogP contribution in [0, 0.1) is 6.42 Å². The van der Waals surface area contributed by atoms with E-state index in [1.807, 2.05) is 0 Å². The molecular formula is C11H15. The monoisotopic (exact) mass is 147 g/mol. The molecule has 1 radical (unpaired) electrons. The van der Waals surface area contributed by atoms with Crippen molar-refractivity contribution < 1.29 is 0 Å². The van der Waals surface area contributed by atoms with Gasteiger partial charge in [-0.2, -0.15) is 0 Å². The number of hydrogen-bond donors (Lipinski definition) is 0. The second kappa shape index (κ2) is 5.96. The summed E-state index contributed by atoms with van der Waals surface area (Å²) >= 11 is 0. The summed E-state index contributed by atoms with van der Waals surface area (Å²) in [5.74, 6) is 0. The highest BCUT2D eigenvalue weighted by molar-refractivity contribution is 5.14. The van der Waals surface area contributed by atoms with Crippen molar-refractivity contribution >= 4 is 0 Å². The molecule has 0 bridgehead atoms. The zero-order valence-electron chi connectivity index (χ0n) is 6.87. The molecule has 0 amide bonds. The maximum absolute atomic E-state index is 2.23. The molecule has 0 fully saturated rings. The van der Waals surface area contributed by atoms with E-state index in [0.717, 1.165) is 0 Å². The van der Waals surface area contributed by atoms with Gasteiger partial charge in [0.25, 0.3) is 0 Å². The molecule has 59 valence electrons. The third-order valence-corrected chi connectivity index (χ3v) is 1.71. The van der Waals surface area contributed by atoms with E-state index in [-0.39, 0.29) is 0 Å². The summed E-state index contributed by atoms with van der Waals surface area (Å²) in [5.41, 5.74) is 0. The highest BCUT2D eigenvalue weighted by atomic mass is 13.9. The van der Waals surface area contributed by atoms with E-state index in [2.05, 4.69) is 42.9 Å². The zero-order valence-corrected chi connectivity index (χ0v) is 6.87. The second-order valence-corrected chi connectivity index (χ2v) is 2.72. The van der Waals surface area contributed by atoms with Crippen LogP contribution in [0.3, 0.4) is 0 Å². The van der Waals surface area contributed by atoms with Crippen molar-refractivity contribution in [2.75, 3.05) is 0 Å². The summed E-state index contributed by atoms with van der Waals surface area (Å²) in [6.45, 7) is 0. The summed E-state index contributed by atoms with van der Waals surface area (Å²) < 4.78 is 0. The van der Waals surface area contributed by atoms with Crippen LogP contribution in [0.25, 0.3) is 0 Å². The van der Waals surface area contributed by atoms with Crippen LogP contribution in [-0.2, 0) is 0 Å². The van der Waals surface area contributed by atoms with E-state index < -0.39 is 0 Å². The summed E-state index contributed by atoms with van der Waals surface area (Å²) in [4.78, 5) is 0. The van der Waals surface area contributed by atoms with Crippen LogP contribution in [0.5, 0.6) is 0 Å². The van der Waals surface area contributed by atoms with E-state index in [1.165, 1.54) is 25.7 Å². The fraction of sp³-hybridized carbons (Fsp3) is 0.364. The predicted molar refractivity (Wildman–Crippen MR) is 50.2 cm³/mol. The Kier molecular flexibility index (Phi) is 4.51. The van der Waals surface area contributed by atoms with E-state index >= 15 is 0 Å². The molecule has 1 aliphatic carbocycles. The van der Waals surface area contributed by atoms with Gasteiger partial charge in [-0.25, -0.2) is 0 Å². The van der Waals surface area contributed by atoms with Crippen LogP contribution in [0.2, 0.25) is 0 Å². The molecule has 0 aromatic rings. The Bertz CT molecular complexity index is 161. The number of hydrogen-bond acceptors (Lipinski definition) is 0. The van der Waals surface area contributed by atoms with E-state index in [9.17, 15) is 0 Å². The average molecular weight is 147 g/mol. The molecule has 11 heavy (non-hydrogen) atoms. The van der Waals surface area contributed by atoms with Gasteiger partial charge in [-0.1, -0.05) is 36.5 Å². The first-order chi connectivity index (χ1) is 5.50. The smallest absolute Gasteiger partial charge is 0.00473 e. The molecule has 0 nitrogen and oxygen atoms in total. The summed E-state index contributed by atoms with van der Waals surface area (Å²) in [7, 11) is 0. The van der Waals surface area contributed by atoms with Crippen molar-refractivity contribution in [2.45, 2.75) is 25.7 Å². The highest BCUT2D eigenvalue weighted by Crippen LogP contribution is 2.03. The fourth-order valence-electron chi connectivity index (χ4n) is 1.07. The molecule has 0 unspecified atom stereocenters. The van der Waals surface area contributed by atoms with Crippen molar-refractivity contribution in [2.24, 2.45) is 0 Å². The third kappa shape index (κ3) is 4.60. The molecule has 1 rings (SSSR count). The Morgan fingerprint density at radius 1 is 0.636 bits per heavy atom. The van der Waals surface area contributed by atoms with Crippen LogP contribution >= 0.6 is 0 Å². The molecule has 0 aliphatic heterocycles. The van der Waals surface area contributed by atoms with E-state index in [0.29, 0.717) is 0 Å². The molecule has 0 aromatic carbocycles. The molecule has 0 heteroatoms.